The molecule has 0 bridgehead atoms. The average molecular weight is 281 g/mol. The fourth-order valence-corrected chi connectivity index (χ4v) is 2.18. The van der Waals surface area contributed by atoms with Crippen LogP contribution >= 0.6 is 11.3 Å². The first-order chi connectivity index (χ1) is 9.11. The van der Waals surface area contributed by atoms with Gasteiger partial charge in [-0.25, -0.2) is 4.98 Å². The van der Waals surface area contributed by atoms with E-state index in [1.54, 1.807) is 11.4 Å². The van der Waals surface area contributed by atoms with Crippen molar-refractivity contribution < 1.29 is 14.3 Å². The van der Waals surface area contributed by atoms with Crippen LogP contribution in [0.4, 0.5) is 0 Å². The molecule has 0 aliphatic heterocycles. The third kappa shape index (κ3) is 2.97. The van der Waals surface area contributed by atoms with Gasteiger partial charge in [-0.2, -0.15) is 0 Å². The summed E-state index contributed by atoms with van der Waals surface area (Å²) in [6, 6.07) is 1.66. The molecule has 2 rings (SSSR count). The molecule has 19 heavy (non-hydrogen) atoms. The van der Waals surface area contributed by atoms with E-state index in [4.69, 9.17) is 0 Å². The molecule has 0 radical (unpaired) electrons. The van der Waals surface area contributed by atoms with E-state index in [1.165, 1.54) is 29.3 Å². The summed E-state index contributed by atoms with van der Waals surface area (Å²) in [5, 5.41) is 4.60. The molecule has 1 amide bonds. The molecule has 2 aromatic heterocycles. The highest BCUT2D eigenvalue weighted by molar-refractivity contribution is 7.16. The van der Waals surface area contributed by atoms with E-state index in [-0.39, 0.29) is 18.6 Å². The average Bonchev–Trinajstić information content (AvgIpc) is 2.88. The number of esters is 1. The number of fused-ring (bicyclic) bond motifs is 1. The van der Waals surface area contributed by atoms with Crippen LogP contribution in [0.3, 0.4) is 0 Å². The Morgan fingerprint density at radius 3 is 3.05 bits per heavy atom. The summed E-state index contributed by atoms with van der Waals surface area (Å²) in [5.41, 5.74) is -0.278. The topological polar surface area (TPSA) is 90.3 Å². The Hall–Kier alpha value is -2.22. The highest BCUT2D eigenvalue weighted by Crippen LogP contribution is 2.12. The van der Waals surface area contributed by atoms with Crippen molar-refractivity contribution in [1.82, 2.24) is 14.9 Å². The SMILES string of the molecule is COC(=O)CNC(=O)Cn1cnc2sccc2c1=O. The lowest BCUT2D eigenvalue weighted by Crippen LogP contribution is -2.35. The predicted molar refractivity (Wildman–Crippen MR) is 68.9 cm³/mol. The number of thiophene rings is 1. The maximum Gasteiger partial charge on any atom is 0.325 e. The molecule has 100 valence electrons. The lowest BCUT2D eigenvalue weighted by molar-refractivity contribution is -0.141. The third-order valence-electron chi connectivity index (χ3n) is 2.42. The van der Waals surface area contributed by atoms with Crippen LogP contribution in [-0.4, -0.2) is 35.1 Å². The normalized spacial score (nSPS) is 10.4. The van der Waals surface area contributed by atoms with Crippen LogP contribution in [-0.2, 0) is 20.9 Å². The van der Waals surface area contributed by atoms with Crippen LogP contribution in [0, 0.1) is 0 Å². The molecular weight excluding hydrogens is 270 g/mol. The number of nitrogens with zero attached hydrogens (tertiary/aromatic N) is 2. The molecule has 0 atom stereocenters. The fourth-order valence-electron chi connectivity index (χ4n) is 1.46. The minimum atomic E-state index is -0.549. The number of carbonyl (C=O) groups excluding carboxylic acids is 2. The summed E-state index contributed by atoms with van der Waals surface area (Å²) in [7, 11) is 1.23. The summed E-state index contributed by atoms with van der Waals surface area (Å²) in [4.78, 5) is 39.1. The van der Waals surface area contributed by atoms with Gasteiger partial charge in [-0.3, -0.25) is 19.0 Å². The molecule has 0 aliphatic carbocycles. The van der Waals surface area contributed by atoms with Crippen molar-refractivity contribution >= 4 is 33.4 Å². The molecule has 2 heterocycles. The number of nitrogens with one attached hydrogen (secondary N) is 1. The number of hydrogen-bond acceptors (Lipinski definition) is 6. The minimum Gasteiger partial charge on any atom is -0.468 e. The summed E-state index contributed by atoms with van der Waals surface area (Å²) in [6.45, 7) is -0.410. The van der Waals surface area contributed by atoms with Crippen molar-refractivity contribution in [3.63, 3.8) is 0 Å². The van der Waals surface area contributed by atoms with Gasteiger partial charge in [0.05, 0.1) is 18.8 Å². The largest absolute Gasteiger partial charge is 0.468 e. The molecule has 0 unspecified atom stereocenters. The molecule has 2 aromatic rings. The second kappa shape index (κ2) is 5.61. The number of carbonyl (C=O) groups is 2. The van der Waals surface area contributed by atoms with Crippen LogP contribution in [0.25, 0.3) is 10.2 Å². The number of aromatic nitrogens is 2. The van der Waals surface area contributed by atoms with E-state index in [1.807, 2.05) is 0 Å². The van der Waals surface area contributed by atoms with Gasteiger partial charge in [-0.15, -0.1) is 11.3 Å². The molecular formula is C11H11N3O4S. The summed E-state index contributed by atoms with van der Waals surface area (Å²) in [5.74, 6) is -1.00. The molecule has 1 N–H and O–H groups in total. The molecule has 7 nitrogen and oxygen atoms in total. The van der Waals surface area contributed by atoms with Crippen LogP contribution in [0.2, 0.25) is 0 Å². The number of methoxy groups -OCH3 is 1. The second-order valence-corrected chi connectivity index (χ2v) is 4.56. The van der Waals surface area contributed by atoms with E-state index in [2.05, 4.69) is 15.0 Å². The van der Waals surface area contributed by atoms with Crippen LogP contribution in [0.15, 0.2) is 22.6 Å². The van der Waals surface area contributed by atoms with Crippen molar-refractivity contribution in [2.45, 2.75) is 6.54 Å². The van der Waals surface area contributed by atoms with E-state index in [0.717, 1.165) is 0 Å². The standard InChI is InChI=1S/C11H11N3O4S/c1-18-9(16)4-12-8(15)5-14-6-13-10-7(11(14)17)2-3-19-10/h2-3,6H,4-5H2,1H3,(H,12,15). The molecule has 0 fully saturated rings. The Morgan fingerprint density at radius 1 is 1.53 bits per heavy atom. The minimum absolute atomic E-state index is 0.186. The summed E-state index contributed by atoms with van der Waals surface area (Å²) >= 11 is 1.36. The Labute approximate surface area is 111 Å². The van der Waals surface area contributed by atoms with Crippen LogP contribution < -0.4 is 10.9 Å². The van der Waals surface area contributed by atoms with Gasteiger partial charge in [-0.05, 0) is 11.4 Å². The van der Waals surface area contributed by atoms with Crippen molar-refractivity contribution in [2.24, 2.45) is 0 Å². The molecule has 8 heteroatoms. The van der Waals surface area contributed by atoms with Gasteiger partial charge in [0.2, 0.25) is 5.91 Å². The lowest BCUT2D eigenvalue weighted by Gasteiger charge is -2.06. The van der Waals surface area contributed by atoms with Gasteiger partial charge in [-0.1, -0.05) is 0 Å². The van der Waals surface area contributed by atoms with E-state index < -0.39 is 11.9 Å². The zero-order chi connectivity index (χ0) is 13.8. The van der Waals surface area contributed by atoms with Crippen LogP contribution in [0.1, 0.15) is 0 Å². The van der Waals surface area contributed by atoms with Gasteiger partial charge in [0.15, 0.2) is 0 Å². The van der Waals surface area contributed by atoms with Gasteiger partial charge in [0, 0.05) is 0 Å². The van der Waals surface area contributed by atoms with Gasteiger partial charge < -0.3 is 10.1 Å². The lowest BCUT2D eigenvalue weighted by atomic mass is 10.4. The first-order valence-corrected chi connectivity index (χ1v) is 6.26. The Morgan fingerprint density at radius 2 is 2.32 bits per heavy atom. The van der Waals surface area contributed by atoms with E-state index >= 15 is 0 Å². The first kappa shape index (κ1) is 13.2. The maximum atomic E-state index is 12.0. The highest BCUT2D eigenvalue weighted by Gasteiger charge is 2.09. The number of ether oxygens (including phenoxy) is 1. The highest BCUT2D eigenvalue weighted by atomic mass is 32.1. The smallest absolute Gasteiger partial charge is 0.325 e. The van der Waals surface area contributed by atoms with Gasteiger partial charge >= 0.3 is 5.97 Å². The summed E-state index contributed by atoms with van der Waals surface area (Å²) in [6.07, 6.45) is 1.32. The first-order valence-electron chi connectivity index (χ1n) is 5.38. The maximum absolute atomic E-state index is 12.0. The van der Waals surface area contributed by atoms with Gasteiger partial charge in [0.1, 0.15) is 17.9 Å². The Kier molecular flexibility index (Phi) is 3.91. The number of hydrogen-bond donors (Lipinski definition) is 1. The molecule has 0 aromatic carbocycles. The zero-order valence-corrected chi connectivity index (χ0v) is 10.9. The zero-order valence-electron chi connectivity index (χ0n) is 10.1. The number of amides is 1. The molecule has 0 aliphatic rings. The monoisotopic (exact) mass is 281 g/mol. The molecule has 0 saturated heterocycles. The third-order valence-corrected chi connectivity index (χ3v) is 3.24. The van der Waals surface area contributed by atoms with E-state index in [0.29, 0.717) is 10.2 Å². The second-order valence-electron chi connectivity index (χ2n) is 3.67. The van der Waals surface area contributed by atoms with Gasteiger partial charge in [0.25, 0.3) is 5.56 Å². The fraction of sp³-hybridized carbons (Fsp3) is 0.273. The molecule has 0 saturated carbocycles. The quantitative estimate of drug-likeness (QED) is 0.780. The van der Waals surface area contributed by atoms with E-state index in [9.17, 15) is 14.4 Å². The number of rotatable bonds is 4. The summed E-state index contributed by atoms with van der Waals surface area (Å²) < 4.78 is 5.58. The van der Waals surface area contributed by atoms with Crippen LogP contribution in [0.5, 0.6) is 0 Å². The Bertz CT molecular complexity index is 676. The van der Waals surface area contributed by atoms with Crippen molar-refractivity contribution in [3.05, 3.63) is 28.1 Å². The predicted octanol–water partition coefficient (Wildman–Crippen LogP) is -0.253. The Balaban J connectivity index is 2.09. The van der Waals surface area contributed by atoms with Crippen molar-refractivity contribution in [1.29, 1.82) is 0 Å². The molecule has 0 spiro atoms. The van der Waals surface area contributed by atoms with Crippen molar-refractivity contribution in [2.75, 3.05) is 13.7 Å². The van der Waals surface area contributed by atoms with Crippen molar-refractivity contribution in [3.8, 4) is 0 Å².